The van der Waals surface area contributed by atoms with Crippen molar-refractivity contribution in [3.05, 3.63) is 48.0 Å². The molecule has 1 N–H and O–H groups in total. The summed E-state index contributed by atoms with van der Waals surface area (Å²) < 4.78 is 18.5. The van der Waals surface area contributed by atoms with E-state index >= 15 is 0 Å². The molecule has 2 atom stereocenters. The number of methoxy groups -OCH3 is 2. The number of benzene rings is 2. The molecule has 1 aliphatic rings. The van der Waals surface area contributed by atoms with Crippen LogP contribution in [0.3, 0.4) is 0 Å². The fourth-order valence-corrected chi connectivity index (χ4v) is 4.60. The molecule has 1 fully saturated rings. The summed E-state index contributed by atoms with van der Waals surface area (Å²) in [6.45, 7) is 6.74. The molecule has 0 bridgehead atoms. The molecule has 1 saturated heterocycles. The van der Waals surface area contributed by atoms with Crippen molar-refractivity contribution in [1.29, 1.82) is 0 Å². The Morgan fingerprint density at radius 2 is 2.00 bits per heavy atom. The quantitative estimate of drug-likeness (QED) is 0.410. The van der Waals surface area contributed by atoms with Crippen molar-refractivity contribution in [2.24, 2.45) is 0 Å². The van der Waals surface area contributed by atoms with Crippen molar-refractivity contribution in [2.45, 2.75) is 64.3 Å². The molecule has 4 rings (SSSR count). The van der Waals surface area contributed by atoms with Crippen LogP contribution in [0.2, 0.25) is 0 Å². The number of hydrogen-bond donors (Lipinski definition) is 1. The van der Waals surface area contributed by atoms with Gasteiger partial charge in [0.05, 0.1) is 25.8 Å². The standard InChI is InChI=1S/C28H37N5O5/c1-6-28(2,3)29-27(35)26(21-14-13-19(36-4)16-24(21)37-5)32(17-20-10-9-15-38-20)25(34)18-33-23-12-8-7-11-22(23)30-31-33/h7-8,11-14,16,20,26H,6,9-10,15,17-18H2,1-5H3,(H,29,35)/t20-,26-/m1/s1. The highest BCUT2D eigenvalue weighted by atomic mass is 16.5. The highest BCUT2D eigenvalue weighted by Crippen LogP contribution is 2.35. The summed E-state index contributed by atoms with van der Waals surface area (Å²) in [7, 11) is 3.11. The summed E-state index contributed by atoms with van der Waals surface area (Å²) in [5.74, 6) is 0.471. The van der Waals surface area contributed by atoms with Gasteiger partial charge in [0, 0.05) is 30.3 Å². The summed E-state index contributed by atoms with van der Waals surface area (Å²) >= 11 is 0. The number of rotatable bonds is 11. The first-order valence-electron chi connectivity index (χ1n) is 13.0. The lowest BCUT2D eigenvalue weighted by molar-refractivity contribution is -0.144. The molecule has 2 aromatic carbocycles. The van der Waals surface area contributed by atoms with Crippen LogP contribution in [0.1, 0.15) is 51.6 Å². The van der Waals surface area contributed by atoms with E-state index in [1.807, 2.05) is 45.0 Å². The number of carbonyl (C=O) groups is 2. The number of hydrogen-bond acceptors (Lipinski definition) is 7. The third-order valence-electron chi connectivity index (χ3n) is 7.09. The highest BCUT2D eigenvalue weighted by Gasteiger charge is 2.38. The maximum Gasteiger partial charge on any atom is 0.248 e. The van der Waals surface area contributed by atoms with Gasteiger partial charge in [0.15, 0.2) is 0 Å². The predicted molar refractivity (Wildman–Crippen MR) is 143 cm³/mol. The van der Waals surface area contributed by atoms with Crippen LogP contribution in [-0.2, 0) is 20.9 Å². The number of fused-ring (bicyclic) bond motifs is 1. The molecule has 3 aromatic rings. The van der Waals surface area contributed by atoms with Gasteiger partial charge in [-0.1, -0.05) is 24.3 Å². The van der Waals surface area contributed by atoms with E-state index in [-0.39, 0.29) is 31.0 Å². The summed E-state index contributed by atoms with van der Waals surface area (Å²) in [6.07, 6.45) is 2.26. The SMILES string of the molecule is CCC(C)(C)NC(=O)[C@@H](c1ccc(OC)cc1OC)N(C[C@H]1CCCO1)C(=O)Cn1nnc2ccccc21. The molecule has 0 saturated carbocycles. The molecular formula is C28H37N5O5. The third kappa shape index (κ3) is 6.07. The molecule has 1 aliphatic heterocycles. The van der Waals surface area contributed by atoms with Gasteiger partial charge in [0.25, 0.3) is 0 Å². The van der Waals surface area contributed by atoms with E-state index in [9.17, 15) is 9.59 Å². The topological polar surface area (TPSA) is 108 Å². The van der Waals surface area contributed by atoms with E-state index in [1.54, 1.807) is 34.9 Å². The molecule has 0 radical (unpaired) electrons. The van der Waals surface area contributed by atoms with Crippen molar-refractivity contribution in [1.82, 2.24) is 25.2 Å². The average molecular weight is 524 g/mol. The van der Waals surface area contributed by atoms with Crippen molar-refractivity contribution in [3.63, 3.8) is 0 Å². The van der Waals surface area contributed by atoms with Crippen molar-refractivity contribution in [3.8, 4) is 11.5 Å². The Labute approximate surface area is 223 Å². The Kier molecular flexibility index (Phi) is 8.51. The van der Waals surface area contributed by atoms with Gasteiger partial charge in [-0.25, -0.2) is 4.68 Å². The molecule has 0 spiro atoms. The van der Waals surface area contributed by atoms with Crippen LogP contribution in [0, 0.1) is 0 Å². The van der Waals surface area contributed by atoms with Gasteiger partial charge in [-0.15, -0.1) is 5.10 Å². The first kappa shape index (κ1) is 27.4. The molecule has 204 valence electrons. The zero-order valence-electron chi connectivity index (χ0n) is 22.8. The number of carbonyl (C=O) groups excluding carboxylic acids is 2. The molecular weight excluding hydrogens is 486 g/mol. The minimum Gasteiger partial charge on any atom is -0.497 e. The second-order valence-corrected chi connectivity index (χ2v) is 10.2. The molecule has 0 aliphatic carbocycles. The smallest absolute Gasteiger partial charge is 0.248 e. The second kappa shape index (κ2) is 11.8. The van der Waals surface area contributed by atoms with Gasteiger partial charge in [-0.05, 0) is 57.4 Å². The first-order valence-corrected chi connectivity index (χ1v) is 13.0. The van der Waals surface area contributed by atoms with Crippen molar-refractivity contribution < 1.29 is 23.8 Å². The molecule has 38 heavy (non-hydrogen) atoms. The third-order valence-corrected chi connectivity index (χ3v) is 7.09. The van der Waals surface area contributed by atoms with Crippen LogP contribution in [0.25, 0.3) is 11.0 Å². The van der Waals surface area contributed by atoms with E-state index in [2.05, 4.69) is 15.6 Å². The van der Waals surface area contributed by atoms with Gasteiger partial charge in [0.2, 0.25) is 11.8 Å². The van der Waals surface area contributed by atoms with Crippen LogP contribution in [0.4, 0.5) is 0 Å². The molecule has 1 aromatic heterocycles. The lowest BCUT2D eigenvalue weighted by atomic mass is 9.97. The maximum absolute atomic E-state index is 14.1. The Morgan fingerprint density at radius 3 is 2.68 bits per heavy atom. The Balaban J connectivity index is 1.78. The predicted octanol–water partition coefficient (Wildman–Crippen LogP) is 3.50. The van der Waals surface area contributed by atoms with Gasteiger partial charge in [-0.3, -0.25) is 9.59 Å². The average Bonchev–Trinajstić information content (AvgIpc) is 3.58. The number of nitrogens with one attached hydrogen (secondary N) is 1. The normalized spacial score (nSPS) is 16.3. The van der Waals surface area contributed by atoms with Crippen LogP contribution in [0.15, 0.2) is 42.5 Å². The minimum absolute atomic E-state index is 0.0767. The van der Waals surface area contributed by atoms with E-state index < -0.39 is 11.6 Å². The lowest BCUT2D eigenvalue weighted by Gasteiger charge is -2.36. The van der Waals surface area contributed by atoms with Crippen molar-refractivity contribution in [2.75, 3.05) is 27.4 Å². The molecule has 10 heteroatoms. The summed E-state index contributed by atoms with van der Waals surface area (Å²) in [5.41, 5.74) is 1.53. The lowest BCUT2D eigenvalue weighted by Crippen LogP contribution is -2.52. The number of amides is 2. The van der Waals surface area contributed by atoms with Gasteiger partial charge < -0.3 is 24.4 Å². The van der Waals surface area contributed by atoms with Gasteiger partial charge in [0.1, 0.15) is 29.6 Å². The molecule has 10 nitrogen and oxygen atoms in total. The number of aromatic nitrogens is 3. The van der Waals surface area contributed by atoms with Gasteiger partial charge in [-0.2, -0.15) is 0 Å². The van der Waals surface area contributed by atoms with E-state index in [1.165, 1.54) is 7.11 Å². The Hall–Kier alpha value is -3.66. The van der Waals surface area contributed by atoms with Crippen molar-refractivity contribution >= 4 is 22.8 Å². The number of nitrogens with zero attached hydrogens (tertiary/aromatic N) is 4. The first-order chi connectivity index (χ1) is 18.3. The molecule has 0 unspecified atom stereocenters. The van der Waals surface area contributed by atoms with Crippen LogP contribution < -0.4 is 14.8 Å². The molecule has 2 amide bonds. The van der Waals surface area contributed by atoms with E-state index in [0.717, 1.165) is 24.8 Å². The maximum atomic E-state index is 14.1. The van der Waals surface area contributed by atoms with Crippen LogP contribution in [0.5, 0.6) is 11.5 Å². The zero-order chi connectivity index (χ0) is 27.3. The number of ether oxygens (including phenoxy) is 3. The summed E-state index contributed by atoms with van der Waals surface area (Å²) in [4.78, 5) is 29.7. The minimum atomic E-state index is -0.965. The fourth-order valence-electron chi connectivity index (χ4n) is 4.60. The molecule has 2 heterocycles. The number of para-hydroxylation sites is 1. The highest BCUT2D eigenvalue weighted by molar-refractivity contribution is 5.90. The Bertz CT molecular complexity index is 1270. The van der Waals surface area contributed by atoms with Gasteiger partial charge >= 0.3 is 0 Å². The summed E-state index contributed by atoms with van der Waals surface area (Å²) in [6, 6.07) is 11.8. The fraction of sp³-hybridized carbons (Fsp3) is 0.500. The van der Waals surface area contributed by atoms with E-state index in [0.29, 0.717) is 29.2 Å². The summed E-state index contributed by atoms with van der Waals surface area (Å²) in [5, 5.41) is 11.5. The largest absolute Gasteiger partial charge is 0.497 e. The van der Waals surface area contributed by atoms with Crippen LogP contribution >= 0.6 is 0 Å². The second-order valence-electron chi connectivity index (χ2n) is 10.2. The zero-order valence-corrected chi connectivity index (χ0v) is 22.8. The van der Waals surface area contributed by atoms with E-state index in [4.69, 9.17) is 14.2 Å². The Morgan fingerprint density at radius 1 is 1.21 bits per heavy atom. The van der Waals surface area contributed by atoms with Crippen LogP contribution in [-0.4, -0.2) is 70.7 Å². The monoisotopic (exact) mass is 523 g/mol.